The molecule has 2 heterocycles. The third kappa shape index (κ3) is 3.11. The van der Waals surface area contributed by atoms with Gasteiger partial charge in [-0.15, -0.1) is 12.4 Å². The highest BCUT2D eigenvalue weighted by atomic mass is 35.5. The molecule has 1 unspecified atom stereocenters. The van der Waals surface area contributed by atoms with E-state index in [1.165, 1.54) is 0 Å². The molecule has 1 saturated heterocycles. The van der Waals surface area contributed by atoms with Crippen LogP contribution in [0.3, 0.4) is 0 Å². The third-order valence-electron chi connectivity index (χ3n) is 3.22. The highest BCUT2D eigenvalue weighted by Gasteiger charge is 2.22. The van der Waals surface area contributed by atoms with Crippen LogP contribution in [-0.4, -0.2) is 32.5 Å². The number of nitrogens with zero attached hydrogens (tertiary/aromatic N) is 2. The monoisotopic (exact) mass is 297 g/mol. The predicted molar refractivity (Wildman–Crippen MR) is 79.1 cm³/mol. The first-order valence-corrected chi connectivity index (χ1v) is 7.39. The van der Waals surface area contributed by atoms with Crippen LogP contribution in [0.4, 0.5) is 0 Å². The Balaban J connectivity index is 0.00000133. The number of halogens is 1. The van der Waals surface area contributed by atoms with Gasteiger partial charge in [-0.2, -0.15) is 0 Å². The smallest absolute Gasteiger partial charge is 0.146 e. The van der Waals surface area contributed by atoms with Gasteiger partial charge in [-0.1, -0.05) is 12.1 Å². The van der Waals surface area contributed by atoms with Gasteiger partial charge in [0.1, 0.15) is 5.03 Å². The molecule has 6 heteroatoms. The number of piperidine rings is 1. The third-order valence-corrected chi connectivity index (χ3v) is 4.91. The number of aromatic nitrogens is 2. The van der Waals surface area contributed by atoms with Gasteiger partial charge in [0, 0.05) is 5.25 Å². The van der Waals surface area contributed by atoms with Crippen LogP contribution in [-0.2, 0) is 10.8 Å². The molecule has 1 aliphatic heterocycles. The predicted octanol–water partition coefficient (Wildman–Crippen LogP) is 1.91. The summed E-state index contributed by atoms with van der Waals surface area (Å²) >= 11 is 0. The van der Waals surface area contributed by atoms with E-state index in [2.05, 4.69) is 15.3 Å². The highest BCUT2D eigenvalue weighted by Crippen LogP contribution is 2.18. The lowest BCUT2D eigenvalue weighted by Crippen LogP contribution is -2.33. The van der Waals surface area contributed by atoms with Crippen molar-refractivity contribution in [1.82, 2.24) is 15.3 Å². The Kier molecular flexibility index (Phi) is 4.85. The largest absolute Gasteiger partial charge is 0.317 e. The average Bonchev–Trinajstić information content (AvgIpc) is 2.47. The molecule has 0 saturated carbocycles. The van der Waals surface area contributed by atoms with Crippen LogP contribution >= 0.6 is 12.4 Å². The molecule has 102 valence electrons. The van der Waals surface area contributed by atoms with Gasteiger partial charge < -0.3 is 5.32 Å². The Labute approximate surface area is 120 Å². The van der Waals surface area contributed by atoms with E-state index >= 15 is 0 Å². The van der Waals surface area contributed by atoms with Crippen molar-refractivity contribution in [2.24, 2.45) is 0 Å². The van der Waals surface area contributed by atoms with Crippen molar-refractivity contribution in [3.05, 3.63) is 30.5 Å². The number of fused-ring (bicyclic) bond motifs is 1. The second-order valence-electron chi connectivity index (χ2n) is 4.44. The Morgan fingerprint density at radius 3 is 2.58 bits per heavy atom. The van der Waals surface area contributed by atoms with Crippen molar-refractivity contribution >= 4 is 34.2 Å². The molecule has 1 N–H and O–H groups in total. The van der Waals surface area contributed by atoms with Crippen LogP contribution in [0.15, 0.2) is 35.5 Å². The van der Waals surface area contributed by atoms with Gasteiger partial charge in [0.2, 0.25) is 0 Å². The second-order valence-corrected chi connectivity index (χ2v) is 6.12. The fraction of sp³-hybridized carbons (Fsp3) is 0.385. The quantitative estimate of drug-likeness (QED) is 0.920. The lowest BCUT2D eigenvalue weighted by molar-refractivity contribution is 0.519. The lowest BCUT2D eigenvalue weighted by atomic mass is 10.2. The Hall–Kier alpha value is -1.04. The first-order chi connectivity index (χ1) is 8.84. The van der Waals surface area contributed by atoms with Crippen LogP contribution in [0.5, 0.6) is 0 Å². The van der Waals surface area contributed by atoms with Crippen molar-refractivity contribution in [2.75, 3.05) is 13.1 Å². The Morgan fingerprint density at radius 1 is 1.16 bits per heavy atom. The lowest BCUT2D eigenvalue weighted by Gasteiger charge is -2.21. The molecule has 1 aromatic heterocycles. The first kappa shape index (κ1) is 14.4. The molecule has 1 atom stereocenters. The van der Waals surface area contributed by atoms with Crippen molar-refractivity contribution in [3.8, 4) is 0 Å². The molecule has 19 heavy (non-hydrogen) atoms. The van der Waals surface area contributed by atoms with Crippen molar-refractivity contribution < 1.29 is 4.21 Å². The van der Waals surface area contributed by atoms with Gasteiger partial charge in [0.15, 0.2) is 0 Å². The van der Waals surface area contributed by atoms with Gasteiger partial charge in [-0.25, -0.2) is 4.98 Å². The molecule has 2 aromatic rings. The molecular formula is C13H16ClN3OS. The van der Waals surface area contributed by atoms with E-state index in [-0.39, 0.29) is 17.7 Å². The zero-order valence-corrected chi connectivity index (χ0v) is 12.0. The van der Waals surface area contributed by atoms with Crippen LogP contribution in [0.1, 0.15) is 12.8 Å². The maximum atomic E-state index is 12.4. The van der Waals surface area contributed by atoms with Crippen LogP contribution in [0.25, 0.3) is 11.0 Å². The summed E-state index contributed by atoms with van der Waals surface area (Å²) in [5.74, 6) is 0. The van der Waals surface area contributed by atoms with Crippen LogP contribution in [0.2, 0.25) is 0 Å². The number of nitrogens with one attached hydrogen (secondary N) is 1. The summed E-state index contributed by atoms with van der Waals surface area (Å²) in [5, 5.41) is 4.10. The number of hydrogen-bond acceptors (Lipinski definition) is 4. The average molecular weight is 298 g/mol. The van der Waals surface area contributed by atoms with Crippen molar-refractivity contribution in [2.45, 2.75) is 23.1 Å². The van der Waals surface area contributed by atoms with Gasteiger partial charge in [0.25, 0.3) is 0 Å². The molecule has 0 aliphatic carbocycles. The topological polar surface area (TPSA) is 54.9 Å². The minimum atomic E-state index is -1.04. The van der Waals surface area contributed by atoms with Gasteiger partial charge in [-0.3, -0.25) is 9.19 Å². The SMILES string of the molecule is Cl.O=S(c1cnc2ccccc2n1)C1CCNCC1. The summed E-state index contributed by atoms with van der Waals surface area (Å²) < 4.78 is 12.4. The van der Waals surface area contributed by atoms with E-state index in [1.807, 2.05) is 24.3 Å². The van der Waals surface area contributed by atoms with E-state index in [1.54, 1.807) is 6.20 Å². The summed E-state index contributed by atoms with van der Waals surface area (Å²) in [7, 11) is -1.04. The van der Waals surface area contributed by atoms with Gasteiger partial charge in [0.05, 0.1) is 28.0 Å². The fourth-order valence-electron chi connectivity index (χ4n) is 2.22. The number of rotatable bonds is 2. The fourth-order valence-corrected chi connectivity index (χ4v) is 3.57. The summed E-state index contributed by atoms with van der Waals surface area (Å²) in [6, 6.07) is 7.68. The first-order valence-electron chi connectivity index (χ1n) is 6.18. The Bertz CT molecular complexity index is 587. The molecule has 0 radical (unpaired) electrons. The number of benzene rings is 1. The molecule has 1 aromatic carbocycles. The molecule has 3 rings (SSSR count). The van der Waals surface area contributed by atoms with Crippen LogP contribution < -0.4 is 5.32 Å². The summed E-state index contributed by atoms with van der Waals surface area (Å²) in [5.41, 5.74) is 1.67. The second kappa shape index (κ2) is 6.41. The van der Waals surface area contributed by atoms with Gasteiger partial charge in [-0.05, 0) is 38.1 Å². The minimum absolute atomic E-state index is 0. The zero-order chi connectivity index (χ0) is 12.4. The van der Waals surface area contributed by atoms with Crippen molar-refractivity contribution in [3.63, 3.8) is 0 Å². The maximum Gasteiger partial charge on any atom is 0.146 e. The van der Waals surface area contributed by atoms with E-state index < -0.39 is 10.8 Å². The molecule has 1 aliphatic rings. The van der Waals surface area contributed by atoms with E-state index in [4.69, 9.17) is 0 Å². The van der Waals surface area contributed by atoms with E-state index in [9.17, 15) is 4.21 Å². The van der Waals surface area contributed by atoms with E-state index in [0.717, 1.165) is 37.0 Å². The molecular weight excluding hydrogens is 282 g/mol. The van der Waals surface area contributed by atoms with Gasteiger partial charge >= 0.3 is 0 Å². The number of hydrogen-bond donors (Lipinski definition) is 1. The van der Waals surface area contributed by atoms with Crippen molar-refractivity contribution in [1.29, 1.82) is 0 Å². The molecule has 1 fully saturated rings. The molecule has 4 nitrogen and oxygen atoms in total. The summed E-state index contributed by atoms with van der Waals surface area (Å²) in [4.78, 5) is 8.79. The summed E-state index contributed by atoms with van der Waals surface area (Å²) in [6.45, 7) is 1.88. The minimum Gasteiger partial charge on any atom is -0.317 e. The van der Waals surface area contributed by atoms with Crippen LogP contribution in [0, 0.1) is 0 Å². The Morgan fingerprint density at radius 2 is 1.84 bits per heavy atom. The summed E-state index contributed by atoms with van der Waals surface area (Å²) in [6.07, 6.45) is 3.54. The highest BCUT2D eigenvalue weighted by molar-refractivity contribution is 7.85. The molecule has 0 bridgehead atoms. The standard InChI is InChI=1S/C13H15N3OS.ClH/c17-18(10-5-7-14-8-6-10)13-9-15-11-3-1-2-4-12(11)16-13;/h1-4,9-10,14H,5-8H2;1H. The molecule has 0 amide bonds. The normalized spacial score (nSPS) is 17.9. The number of para-hydroxylation sites is 2. The molecule has 0 spiro atoms. The van der Waals surface area contributed by atoms with E-state index in [0.29, 0.717) is 5.03 Å². The zero-order valence-electron chi connectivity index (χ0n) is 10.4. The maximum absolute atomic E-state index is 12.4.